The lowest BCUT2D eigenvalue weighted by Crippen LogP contribution is -2.64. The maximum Gasteiger partial charge on any atom is 0.240 e. The fourth-order valence-electron chi connectivity index (χ4n) is 3.61. The lowest BCUT2D eigenvalue weighted by Gasteiger charge is -2.47. The number of nitriles is 1. The van der Waals surface area contributed by atoms with Crippen molar-refractivity contribution in [1.82, 2.24) is 24.1 Å². The Labute approximate surface area is 162 Å². The Morgan fingerprint density at radius 3 is 2.82 bits per heavy atom. The van der Waals surface area contributed by atoms with Crippen molar-refractivity contribution in [3.63, 3.8) is 0 Å². The highest BCUT2D eigenvalue weighted by Crippen LogP contribution is 2.39. The number of hydrogen-bond donors (Lipinski definition) is 1. The van der Waals surface area contributed by atoms with Crippen LogP contribution in [0.1, 0.15) is 13.3 Å². The first-order valence-electron chi connectivity index (χ1n) is 8.85. The average molecular weight is 400 g/mol. The number of rotatable bonds is 6. The normalized spacial score (nSPS) is 16.6. The lowest BCUT2D eigenvalue weighted by atomic mass is 9.89. The molecule has 1 aliphatic rings. The second kappa shape index (κ2) is 6.61. The fraction of sp³-hybridized carbons (Fsp3) is 0.389. The van der Waals surface area contributed by atoms with Crippen molar-refractivity contribution < 1.29 is 13.2 Å². The summed E-state index contributed by atoms with van der Waals surface area (Å²) < 4.78 is 32.9. The summed E-state index contributed by atoms with van der Waals surface area (Å²) in [6, 6.07) is 5.98. The summed E-state index contributed by atoms with van der Waals surface area (Å²) in [5.41, 5.74) is 1.72. The molecule has 28 heavy (non-hydrogen) atoms. The van der Waals surface area contributed by atoms with Gasteiger partial charge in [0.1, 0.15) is 11.2 Å². The van der Waals surface area contributed by atoms with Crippen LogP contribution in [0.2, 0.25) is 0 Å². The van der Waals surface area contributed by atoms with Crippen LogP contribution in [-0.2, 0) is 15.6 Å². The molecule has 0 radical (unpaired) electrons. The fourth-order valence-corrected chi connectivity index (χ4v) is 4.85. The summed E-state index contributed by atoms with van der Waals surface area (Å²) in [4.78, 5) is 7.38. The number of ether oxygens (including phenoxy) is 1. The number of aromatic nitrogens is 4. The first kappa shape index (κ1) is 18.5. The molecule has 1 N–H and O–H groups in total. The van der Waals surface area contributed by atoms with Crippen LogP contribution in [0.5, 0.6) is 5.88 Å². The van der Waals surface area contributed by atoms with Crippen LogP contribution < -0.4 is 4.74 Å². The van der Waals surface area contributed by atoms with Gasteiger partial charge in [0.25, 0.3) is 0 Å². The van der Waals surface area contributed by atoms with E-state index in [1.54, 1.807) is 17.8 Å². The van der Waals surface area contributed by atoms with Gasteiger partial charge >= 0.3 is 0 Å². The van der Waals surface area contributed by atoms with E-state index in [1.165, 1.54) is 11.4 Å². The summed E-state index contributed by atoms with van der Waals surface area (Å²) >= 11 is 0. The van der Waals surface area contributed by atoms with Crippen LogP contribution in [0.4, 0.5) is 0 Å². The van der Waals surface area contributed by atoms with E-state index in [9.17, 15) is 13.7 Å². The highest BCUT2D eigenvalue weighted by molar-refractivity contribution is 7.89. The van der Waals surface area contributed by atoms with Crippen LogP contribution in [-0.4, -0.2) is 58.4 Å². The molecule has 0 amide bonds. The first-order valence-corrected chi connectivity index (χ1v) is 10.5. The van der Waals surface area contributed by atoms with Gasteiger partial charge in [0.05, 0.1) is 30.9 Å². The third-order valence-corrected chi connectivity index (χ3v) is 6.99. The standard InChI is InChI=1S/C18H20N6O3S/c1-3-28(25,26)23-11-18(12-23,6-7-19)24-10-15(17(22-24)27-2)13-4-8-20-16-14(13)5-9-21-16/h4-5,8-10H,3,6,11-12H2,1-2H3,(H,20,21). The molecule has 4 heterocycles. The van der Waals surface area contributed by atoms with Crippen molar-refractivity contribution in [3.05, 3.63) is 30.7 Å². The largest absolute Gasteiger partial charge is 0.479 e. The molecule has 0 saturated carbocycles. The van der Waals surface area contributed by atoms with Crippen molar-refractivity contribution >= 4 is 21.1 Å². The van der Waals surface area contributed by atoms with Crippen LogP contribution in [0.15, 0.2) is 30.7 Å². The number of pyridine rings is 1. The molecule has 1 aliphatic heterocycles. The molecule has 3 aromatic heterocycles. The highest BCUT2D eigenvalue weighted by atomic mass is 32.2. The Balaban J connectivity index is 1.77. The highest BCUT2D eigenvalue weighted by Gasteiger charge is 2.50. The Morgan fingerprint density at radius 2 is 2.14 bits per heavy atom. The molecule has 146 valence electrons. The van der Waals surface area contributed by atoms with E-state index < -0.39 is 15.6 Å². The number of hydrogen-bond acceptors (Lipinski definition) is 6. The van der Waals surface area contributed by atoms with E-state index in [0.717, 1.165) is 22.2 Å². The molecule has 0 bridgehead atoms. The predicted molar refractivity (Wildman–Crippen MR) is 103 cm³/mol. The van der Waals surface area contributed by atoms with Gasteiger partial charge in [0.2, 0.25) is 15.9 Å². The second-order valence-corrected chi connectivity index (χ2v) is 9.08. The number of nitrogens with one attached hydrogen (secondary N) is 1. The molecule has 0 unspecified atom stereocenters. The number of aromatic amines is 1. The molecule has 0 aromatic carbocycles. The van der Waals surface area contributed by atoms with Gasteiger partial charge < -0.3 is 9.72 Å². The van der Waals surface area contributed by atoms with Crippen molar-refractivity contribution in [1.29, 1.82) is 5.26 Å². The zero-order valence-electron chi connectivity index (χ0n) is 15.6. The monoisotopic (exact) mass is 400 g/mol. The predicted octanol–water partition coefficient (Wildman–Crippen LogP) is 1.71. The van der Waals surface area contributed by atoms with Crippen molar-refractivity contribution in [2.24, 2.45) is 0 Å². The minimum atomic E-state index is -3.30. The van der Waals surface area contributed by atoms with Crippen LogP contribution in [0.3, 0.4) is 0 Å². The second-order valence-electron chi connectivity index (χ2n) is 6.82. The van der Waals surface area contributed by atoms with Gasteiger partial charge in [-0.1, -0.05) is 0 Å². The zero-order valence-corrected chi connectivity index (χ0v) is 16.4. The molecular weight excluding hydrogens is 380 g/mol. The van der Waals surface area contributed by atoms with Crippen molar-refractivity contribution in [2.75, 3.05) is 26.0 Å². The number of nitrogens with zero attached hydrogens (tertiary/aromatic N) is 5. The average Bonchev–Trinajstić information content (AvgIpc) is 3.30. The third kappa shape index (κ3) is 2.75. The number of methoxy groups -OCH3 is 1. The summed E-state index contributed by atoms with van der Waals surface area (Å²) in [5, 5.41) is 14.8. The number of sulfonamides is 1. The molecule has 9 nitrogen and oxygen atoms in total. The lowest BCUT2D eigenvalue weighted by molar-refractivity contribution is 0.0706. The number of fused-ring (bicyclic) bond motifs is 1. The van der Waals surface area contributed by atoms with Crippen molar-refractivity contribution in [2.45, 2.75) is 18.9 Å². The van der Waals surface area contributed by atoms with E-state index in [0.29, 0.717) is 5.88 Å². The van der Waals surface area contributed by atoms with Gasteiger partial charge in [-0.15, -0.1) is 5.10 Å². The summed E-state index contributed by atoms with van der Waals surface area (Å²) in [6.07, 6.45) is 5.50. The maximum atomic E-state index is 12.1. The molecule has 0 aliphatic carbocycles. The van der Waals surface area contributed by atoms with E-state index in [-0.39, 0.29) is 25.3 Å². The maximum absolute atomic E-state index is 12.1. The SMILES string of the molecule is CCS(=O)(=O)N1CC(CC#N)(n2cc(-c3ccnc4[nH]ccc34)c(OC)n2)C1. The third-order valence-electron chi connectivity index (χ3n) is 5.22. The van der Waals surface area contributed by atoms with Gasteiger partial charge in [0.15, 0.2) is 0 Å². The number of H-pyrrole nitrogens is 1. The van der Waals surface area contributed by atoms with Crippen LogP contribution in [0.25, 0.3) is 22.2 Å². The topological polar surface area (TPSA) is 117 Å². The molecule has 4 rings (SSSR count). The summed E-state index contributed by atoms with van der Waals surface area (Å²) in [6.45, 7) is 2.05. The minimum absolute atomic E-state index is 0.0335. The van der Waals surface area contributed by atoms with E-state index in [1.807, 2.05) is 24.5 Å². The molecule has 0 spiro atoms. The summed E-state index contributed by atoms with van der Waals surface area (Å²) in [5.74, 6) is 0.453. The molecule has 0 atom stereocenters. The van der Waals surface area contributed by atoms with E-state index in [4.69, 9.17) is 4.74 Å². The van der Waals surface area contributed by atoms with Crippen molar-refractivity contribution in [3.8, 4) is 23.1 Å². The van der Waals surface area contributed by atoms with Gasteiger partial charge in [-0.2, -0.15) is 9.57 Å². The van der Waals surface area contributed by atoms with Gasteiger partial charge in [0, 0.05) is 42.6 Å². The van der Waals surface area contributed by atoms with E-state index >= 15 is 0 Å². The molecule has 1 saturated heterocycles. The zero-order chi connectivity index (χ0) is 19.9. The quantitative estimate of drug-likeness (QED) is 0.673. The van der Waals surface area contributed by atoms with E-state index in [2.05, 4.69) is 21.1 Å². The van der Waals surface area contributed by atoms with Crippen LogP contribution in [0, 0.1) is 11.3 Å². The first-order chi connectivity index (χ1) is 13.4. The molecule has 10 heteroatoms. The van der Waals surface area contributed by atoms with Gasteiger partial charge in [-0.25, -0.2) is 13.4 Å². The van der Waals surface area contributed by atoms with Gasteiger partial charge in [-0.05, 0) is 19.1 Å². The molecule has 3 aromatic rings. The Hall–Kier alpha value is -2.90. The molecule has 1 fully saturated rings. The minimum Gasteiger partial charge on any atom is -0.479 e. The summed E-state index contributed by atoms with van der Waals surface area (Å²) in [7, 11) is -1.76. The smallest absolute Gasteiger partial charge is 0.240 e. The molecular formula is C18H20N6O3S. The van der Waals surface area contributed by atoms with Gasteiger partial charge in [-0.3, -0.25) is 4.68 Å². The Kier molecular flexibility index (Phi) is 4.36. The Morgan fingerprint density at radius 1 is 1.36 bits per heavy atom. The Bertz CT molecular complexity index is 1170. The van der Waals surface area contributed by atoms with Crippen LogP contribution >= 0.6 is 0 Å².